The van der Waals surface area contributed by atoms with Crippen LogP contribution in [0.5, 0.6) is 0 Å². The molecule has 130 valence electrons. The normalized spacial score (nSPS) is 18.0. The van der Waals surface area contributed by atoms with E-state index in [1.807, 2.05) is 0 Å². The van der Waals surface area contributed by atoms with Crippen molar-refractivity contribution in [1.29, 1.82) is 0 Å². The number of nitrogens with zero attached hydrogens (tertiary/aromatic N) is 4. The molecule has 0 radical (unpaired) electrons. The maximum absolute atomic E-state index is 14.5. The summed E-state index contributed by atoms with van der Waals surface area (Å²) in [6.07, 6.45) is 5.30. The molecule has 0 spiro atoms. The van der Waals surface area contributed by atoms with Crippen LogP contribution in [0, 0.1) is 11.6 Å². The minimum atomic E-state index is -0.484. The smallest absolute Gasteiger partial charge is 0.181 e. The van der Waals surface area contributed by atoms with Gasteiger partial charge < -0.3 is 4.74 Å². The number of rotatable bonds is 3. The third-order valence-corrected chi connectivity index (χ3v) is 4.90. The Labute approximate surface area is 147 Å². The molecule has 1 saturated heterocycles. The predicted molar refractivity (Wildman–Crippen MR) is 91.3 cm³/mol. The highest BCUT2D eigenvalue weighted by atomic mass is 32.2. The first-order valence-corrected chi connectivity index (χ1v) is 9.26. The van der Waals surface area contributed by atoms with Crippen molar-refractivity contribution in [3.05, 3.63) is 36.0 Å². The summed E-state index contributed by atoms with van der Waals surface area (Å²) in [7, 11) is 0. The topological polar surface area (TPSA) is 52.8 Å². The van der Waals surface area contributed by atoms with Gasteiger partial charge in [-0.2, -0.15) is 5.10 Å². The summed E-state index contributed by atoms with van der Waals surface area (Å²) in [5.74, 6) is -0.588. The van der Waals surface area contributed by atoms with Crippen LogP contribution in [0.2, 0.25) is 0 Å². The number of hydrogen-bond donors (Lipinski definition) is 0. The number of fused-ring (bicyclic) bond motifs is 1. The fourth-order valence-corrected chi connectivity index (χ4v) is 3.48. The molecule has 3 heterocycles. The first kappa shape index (κ1) is 16.4. The van der Waals surface area contributed by atoms with Crippen LogP contribution in [0.15, 0.2) is 29.4 Å². The van der Waals surface area contributed by atoms with E-state index in [2.05, 4.69) is 15.1 Å². The fourth-order valence-electron chi connectivity index (χ4n) is 3.05. The molecule has 1 unspecified atom stereocenters. The third kappa shape index (κ3) is 2.89. The van der Waals surface area contributed by atoms with Crippen molar-refractivity contribution in [3.8, 4) is 11.5 Å². The Morgan fingerprint density at radius 1 is 1.24 bits per heavy atom. The number of benzene rings is 1. The van der Waals surface area contributed by atoms with Gasteiger partial charge in [-0.1, -0.05) is 12.1 Å². The molecule has 5 nitrogen and oxygen atoms in total. The molecular formula is C17H16F2N4OS. The minimum Gasteiger partial charge on any atom is -0.356 e. The molecule has 0 amide bonds. The summed E-state index contributed by atoms with van der Waals surface area (Å²) in [5.41, 5.74) is 0.794. The van der Waals surface area contributed by atoms with Crippen LogP contribution in [0.4, 0.5) is 8.78 Å². The van der Waals surface area contributed by atoms with Crippen molar-refractivity contribution < 1.29 is 13.5 Å². The van der Waals surface area contributed by atoms with E-state index in [0.29, 0.717) is 23.2 Å². The third-order valence-electron chi connectivity index (χ3n) is 4.22. The molecule has 1 aliphatic rings. The van der Waals surface area contributed by atoms with E-state index in [4.69, 9.17) is 4.74 Å². The first-order valence-electron chi connectivity index (χ1n) is 8.04. The van der Waals surface area contributed by atoms with Crippen LogP contribution in [0.1, 0.15) is 25.5 Å². The predicted octanol–water partition coefficient (Wildman–Crippen LogP) is 4.19. The first-order chi connectivity index (χ1) is 12.2. The Balaban J connectivity index is 1.91. The summed E-state index contributed by atoms with van der Waals surface area (Å²) in [6.45, 7) is 0.624. The lowest BCUT2D eigenvalue weighted by atomic mass is 10.1. The van der Waals surface area contributed by atoms with E-state index in [9.17, 15) is 8.78 Å². The second-order valence-corrected chi connectivity index (χ2v) is 6.60. The highest BCUT2D eigenvalue weighted by Gasteiger charge is 2.24. The molecule has 3 aromatic rings. The quantitative estimate of drug-likeness (QED) is 0.516. The number of ether oxygens (including phenoxy) is 1. The SMILES string of the molecule is CSc1nc(-c2nn(C3CCCCO3)c3c(F)cccc23)ncc1F. The number of aromatic nitrogens is 4. The molecule has 25 heavy (non-hydrogen) atoms. The maximum Gasteiger partial charge on any atom is 0.181 e. The second-order valence-electron chi connectivity index (χ2n) is 5.80. The summed E-state index contributed by atoms with van der Waals surface area (Å²) in [4.78, 5) is 8.29. The van der Waals surface area contributed by atoms with E-state index >= 15 is 0 Å². The van der Waals surface area contributed by atoms with Crippen LogP contribution in [0.25, 0.3) is 22.4 Å². The minimum absolute atomic E-state index is 0.234. The van der Waals surface area contributed by atoms with E-state index in [0.717, 1.165) is 25.5 Å². The zero-order chi connectivity index (χ0) is 17.4. The molecule has 0 N–H and O–H groups in total. The van der Waals surface area contributed by atoms with E-state index in [1.54, 1.807) is 23.1 Å². The molecular weight excluding hydrogens is 346 g/mol. The second kappa shape index (κ2) is 6.68. The lowest BCUT2D eigenvalue weighted by Crippen LogP contribution is -2.19. The fraction of sp³-hybridized carbons (Fsp3) is 0.353. The summed E-state index contributed by atoms with van der Waals surface area (Å²) < 4.78 is 35.6. The highest BCUT2D eigenvalue weighted by molar-refractivity contribution is 7.98. The molecule has 0 saturated carbocycles. The van der Waals surface area contributed by atoms with Gasteiger partial charge in [0.05, 0.1) is 6.20 Å². The van der Waals surface area contributed by atoms with Gasteiger partial charge in [-0.3, -0.25) is 0 Å². The van der Waals surface area contributed by atoms with Gasteiger partial charge in [0.2, 0.25) is 0 Å². The van der Waals surface area contributed by atoms with Crippen LogP contribution in [-0.4, -0.2) is 32.6 Å². The molecule has 0 aliphatic carbocycles. The van der Waals surface area contributed by atoms with Crippen molar-refractivity contribution in [1.82, 2.24) is 19.7 Å². The van der Waals surface area contributed by atoms with Crippen molar-refractivity contribution in [2.24, 2.45) is 0 Å². The van der Waals surface area contributed by atoms with Gasteiger partial charge in [-0.15, -0.1) is 11.8 Å². The molecule has 1 fully saturated rings. The Morgan fingerprint density at radius 3 is 2.88 bits per heavy atom. The van der Waals surface area contributed by atoms with E-state index < -0.39 is 5.82 Å². The van der Waals surface area contributed by atoms with Crippen molar-refractivity contribution in [3.63, 3.8) is 0 Å². The van der Waals surface area contributed by atoms with Gasteiger partial charge in [-0.05, 0) is 31.6 Å². The summed E-state index contributed by atoms with van der Waals surface area (Å²) >= 11 is 1.19. The van der Waals surface area contributed by atoms with Crippen LogP contribution in [0.3, 0.4) is 0 Å². The van der Waals surface area contributed by atoms with E-state index in [1.165, 1.54) is 17.8 Å². The van der Waals surface area contributed by atoms with Crippen LogP contribution >= 0.6 is 11.8 Å². The molecule has 1 atom stereocenters. The average molecular weight is 362 g/mol. The van der Waals surface area contributed by atoms with E-state index in [-0.39, 0.29) is 22.9 Å². The van der Waals surface area contributed by atoms with Gasteiger partial charge in [-0.25, -0.2) is 23.4 Å². The summed E-state index contributed by atoms with van der Waals surface area (Å²) in [5, 5.41) is 5.37. The molecule has 1 aliphatic heterocycles. The monoisotopic (exact) mass is 362 g/mol. The number of para-hydroxylation sites is 1. The van der Waals surface area contributed by atoms with Crippen molar-refractivity contribution >= 4 is 22.7 Å². The van der Waals surface area contributed by atoms with Crippen molar-refractivity contribution in [2.45, 2.75) is 30.5 Å². The Hall–Kier alpha value is -2.06. The Morgan fingerprint density at radius 2 is 2.12 bits per heavy atom. The number of halogens is 2. The maximum atomic E-state index is 14.5. The molecule has 0 bridgehead atoms. The Kier molecular flexibility index (Phi) is 4.39. The van der Waals surface area contributed by atoms with Gasteiger partial charge in [0.1, 0.15) is 22.1 Å². The largest absolute Gasteiger partial charge is 0.356 e. The Bertz CT molecular complexity index is 924. The lowest BCUT2D eigenvalue weighted by Gasteiger charge is -2.23. The molecule has 1 aromatic carbocycles. The van der Waals surface area contributed by atoms with Gasteiger partial charge >= 0.3 is 0 Å². The molecule has 2 aromatic heterocycles. The highest BCUT2D eigenvalue weighted by Crippen LogP contribution is 2.33. The van der Waals surface area contributed by atoms with Crippen molar-refractivity contribution in [2.75, 3.05) is 12.9 Å². The average Bonchev–Trinajstić information content (AvgIpc) is 3.04. The number of thioether (sulfide) groups is 1. The lowest BCUT2D eigenvalue weighted by molar-refractivity contribution is -0.0368. The van der Waals surface area contributed by atoms with Gasteiger partial charge in [0.25, 0.3) is 0 Å². The zero-order valence-corrected chi connectivity index (χ0v) is 14.4. The molecule has 8 heteroatoms. The number of hydrogen-bond acceptors (Lipinski definition) is 5. The van der Waals surface area contributed by atoms with Crippen LogP contribution < -0.4 is 0 Å². The standard InChI is InChI=1S/C17H16F2N4OS/c1-25-17-12(19)9-20-16(21-17)14-10-5-4-6-11(18)15(10)23(22-14)13-7-2-3-8-24-13/h4-6,9,13H,2-3,7-8H2,1H3. The summed E-state index contributed by atoms with van der Waals surface area (Å²) in [6, 6.07) is 4.78. The van der Waals surface area contributed by atoms with Crippen LogP contribution in [-0.2, 0) is 4.74 Å². The van der Waals surface area contributed by atoms with Gasteiger partial charge in [0, 0.05) is 12.0 Å². The zero-order valence-electron chi connectivity index (χ0n) is 13.6. The van der Waals surface area contributed by atoms with Gasteiger partial charge in [0.15, 0.2) is 17.9 Å². The molecule has 4 rings (SSSR count).